The standard InChI is InChI=1S/C11H12O6S.2Ba.4H/c1-8-2-4-9(5-3-8)18(15,16)17-11(14)7-6-10(12)13;;;;;;/h2-5H,6-7H2,1H3,(H,12,13);;;;;;. The third-order valence-corrected chi connectivity index (χ3v) is 3.31. The van der Waals surface area contributed by atoms with Gasteiger partial charge in [-0.25, -0.2) is 0 Å². The number of hydrogen-bond acceptors (Lipinski definition) is 5. The van der Waals surface area contributed by atoms with Gasteiger partial charge in [0.05, 0.1) is 12.8 Å². The fourth-order valence-corrected chi connectivity index (χ4v) is 2.02. The van der Waals surface area contributed by atoms with Crippen LogP contribution in [0.4, 0.5) is 0 Å². The van der Waals surface area contributed by atoms with Gasteiger partial charge < -0.3 is 9.29 Å². The molecule has 0 aliphatic heterocycles. The first-order valence-electron chi connectivity index (χ1n) is 5.07. The Hall–Kier alpha value is 1.25. The van der Waals surface area contributed by atoms with E-state index in [-0.39, 0.29) is 103 Å². The van der Waals surface area contributed by atoms with Crippen LogP contribution in [0, 0.1) is 6.92 Å². The number of carboxylic acid groups (broad SMARTS) is 1. The molecule has 6 nitrogen and oxygen atoms in total. The molecule has 106 valence electrons. The molecule has 0 heterocycles. The molecule has 0 amide bonds. The van der Waals surface area contributed by atoms with Crippen LogP contribution in [-0.2, 0) is 23.9 Å². The van der Waals surface area contributed by atoms with Crippen molar-refractivity contribution in [2.45, 2.75) is 24.7 Å². The van der Waals surface area contributed by atoms with Crippen LogP contribution in [0.2, 0.25) is 0 Å². The van der Waals surface area contributed by atoms with Crippen molar-refractivity contribution in [1.29, 1.82) is 0 Å². The molecule has 0 spiro atoms. The summed E-state index contributed by atoms with van der Waals surface area (Å²) in [6.45, 7) is 1.79. The molecule has 0 fully saturated rings. The van der Waals surface area contributed by atoms with Crippen LogP contribution in [-0.4, -0.2) is 123 Å². The first-order chi connectivity index (χ1) is 8.31. The number of carbonyl (C=O) groups is 2. The van der Waals surface area contributed by atoms with Gasteiger partial charge in [0.25, 0.3) is 0 Å². The number of hydrogen-bond donors (Lipinski definition) is 1. The van der Waals surface area contributed by atoms with Crippen molar-refractivity contribution >= 4 is 120 Å². The van der Waals surface area contributed by atoms with E-state index in [1.54, 1.807) is 19.1 Å². The molecular formula is C11H16Ba2O6S. The van der Waals surface area contributed by atoms with E-state index in [1.165, 1.54) is 12.1 Å². The van der Waals surface area contributed by atoms with E-state index in [2.05, 4.69) is 4.18 Å². The van der Waals surface area contributed by atoms with E-state index < -0.39 is 34.9 Å². The molecule has 1 aromatic rings. The minimum absolute atomic E-state index is 0. The maximum absolute atomic E-state index is 11.6. The molecule has 0 saturated heterocycles. The summed E-state index contributed by atoms with van der Waals surface area (Å²) in [6.07, 6.45) is -0.956. The van der Waals surface area contributed by atoms with Crippen LogP contribution < -0.4 is 0 Å². The number of rotatable bonds is 5. The van der Waals surface area contributed by atoms with Crippen molar-refractivity contribution in [3.63, 3.8) is 0 Å². The molecule has 1 aromatic carbocycles. The number of aliphatic carboxylic acids is 1. The van der Waals surface area contributed by atoms with E-state index in [4.69, 9.17) is 5.11 Å². The topological polar surface area (TPSA) is 97.7 Å². The summed E-state index contributed by atoms with van der Waals surface area (Å²) >= 11 is 0. The van der Waals surface area contributed by atoms with Gasteiger partial charge in [0.2, 0.25) is 0 Å². The normalized spacial score (nSPS) is 9.85. The van der Waals surface area contributed by atoms with E-state index in [1.807, 2.05) is 0 Å². The van der Waals surface area contributed by atoms with Crippen molar-refractivity contribution < 1.29 is 27.3 Å². The van der Waals surface area contributed by atoms with Gasteiger partial charge in [-0.3, -0.25) is 9.59 Å². The minimum atomic E-state index is -4.17. The number of carbonyl (C=O) groups excluding carboxylic acids is 1. The number of carboxylic acids is 1. The molecule has 9 heteroatoms. The molecule has 0 saturated carbocycles. The molecule has 0 aliphatic rings. The van der Waals surface area contributed by atoms with Crippen LogP contribution in [0.3, 0.4) is 0 Å². The van der Waals surface area contributed by atoms with E-state index >= 15 is 0 Å². The van der Waals surface area contributed by atoms with E-state index in [0.717, 1.165) is 5.56 Å². The number of benzene rings is 1. The SMILES string of the molecule is Cc1ccc(S(=O)(=O)OC(=O)CCC(=O)O)cc1.[BaH2].[BaH2]. The molecule has 0 atom stereocenters. The molecule has 1 N–H and O–H groups in total. The van der Waals surface area contributed by atoms with Crippen LogP contribution in [0.1, 0.15) is 18.4 Å². The Morgan fingerprint density at radius 2 is 1.60 bits per heavy atom. The second-order valence-electron chi connectivity index (χ2n) is 3.62. The molecule has 20 heavy (non-hydrogen) atoms. The van der Waals surface area contributed by atoms with E-state index in [0.29, 0.717) is 0 Å². The Morgan fingerprint density at radius 3 is 2.05 bits per heavy atom. The zero-order chi connectivity index (χ0) is 13.8. The Bertz CT molecular complexity index is 553. The predicted octanol–water partition coefficient (Wildman–Crippen LogP) is -0.741. The van der Waals surface area contributed by atoms with Gasteiger partial charge in [0.15, 0.2) is 0 Å². The fourth-order valence-electron chi connectivity index (χ4n) is 1.13. The average molecular weight is 551 g/mol. The van der Waals surface area contributed by atoms with Crippen molar-refractivity contribution in [3.05, 3.63) is 29.8 Å². The summed E-state index contributed by atoms with van der Waals surface area (Å²) in [6, 6.07) is 5.76. The summed E-state index contributed by atoms with van der Waals surface area (Å²) in [5, 5.41) is 8.35. The van der Waals surface area contributed by atoms with Gasteiger partial charge >= 0.3 is 120 Å². The zero-order valence-corrected chi connectivity index (χ0v) is 10.4. The van der Waals surface area contributed by atoms with Crippen LogP contribution in [0.25, 0.3) is 0 Å². The first-order valence-corrected chi connectivity index (χ1v) is 6.48. The second kappa shape index (κ2) is 10.9. The Morgan fingerprint density at radius 1 is 1.10 bits per heavy atom. The van der Waals surface area contributed by atoms with Gasteiger partial charge in [-0.15, -0.1) is 0 Å². The Labute approximate surface area is 197 Å². The van der Waals surface area contributed by atoms with Crippen LogP contribution >= 0.6 is 0 Å². The molecule has 1 rings (SSSR count). The summed E-state index contributed by atoms with van der Waals surface area (Å²) < 4.78 is 27.5. The zero-order valence-electron chi connectivity index (χ0n) is 9.62. The van der Waals surface area contributed by atoms with Crippen molar-refractivity contribution in [1.82, 2.24) is 0 Å². The summed E-state index contributed by atoms with van der Waals surface area (Å²) in [4.78, 5) is 21.2. The average Bonchev–Trinajstić information content (AvgIpc) is 2.26. The molecular weight excluding hydrogens is 535 g/mol. The van der Waals surface area contributed by atoms with Gasteiger partial charge in [0, 0.05) is 0 Å². The van der Waals surface area contributed by atoms with Gasteiger partial charge in [-0.05, 0) is 19.1 Å². The van der Waals surface area contributed by atoms with E-state index in [9.17, 15) is 18.0 Å². The van der Waals surface area contributed by atoms with Crippen LogP contribution in [0.15, 0.2) is 29.2 Å². The third kappa shape index (κ3) is 8.64. The molecule has 0 aromatic heterocycles. The second-order valence-corrected chi connectivity index (χ2v) is 5.16. The fraction of sp³-hybridized carbons (Fsp3) is 0.273. The van der Waals surface area contributed by atoms with Crippen molar-refractivity contribution in [2.24, 2.45) is 0 Å². The van der Waals surface area contributed by atoms with Crippen molar-refractivity contribution in [2.75, 3.05) is 0 Å². The van der Waals surface area contributed by atoms with Gasteiger partial charge in [-0.1, -0.05) is 17.7 Å². The predicted molar refractivity (Wildman–Crippen MR) is 78.4 cm³/mol. The number of aryl methyl sites for hydroxylation is 1. The van der Waals surface area contributed by atoms with Crippen molar-refractivity contribution in [3.8, 4) is 0 Å². The van der Waals surface area contributed by atoms with Gasteiger partial charge in [0.1, 0.15) is 4.90 Å². The van der Waals surface area contributed by atoms with Crippen LogP contribution in [0.5, 0.6) is 0 Å². The molecule has 0 aliphatic carbocycles. The third-order valence-electron chi connectivity index (χ3n) is 2.06. The summed E-state index contributed by atoms with van der Waals surface area (Å²) in [5.41, 5.74) is 0.867. The quantitative estimate of drug-likeness (QED) is 0.383. The molecule has 0 radical (unpaired) electrons. The monoisotopic (exact) mass is 552 g/mol. The summed E-state index contributed by atoms with van der Waals surface area (Å²) in [5.74, 6) is -2.28. The molecule has 0 unspecified atom stereocenters. The Kier molecular flexibility index (Phi) is 12.8. The maximum atomic E-state index is 11.6. The molecule has 0 bridgehead atoms. The Balaban J connectivity index is 0. The first kappa shape index (κ1) is 23.5. The van der Waals surface area contributed by atoms with Gasteiger partial charge in [-0.2, -0.15) is 8.42 Å². The summed E-state index contributed by atoms with van der Waals surface area (Å²) in [7, 11) is -4.17.